The van der Waals surface area contributed by atoms with Crippen LogP contribution in [0.1, 0.15) is 48.4 Å². The van der Waals surface area contributed by atoms with Crippen LogP contribution < -0.4 is 5.32 Å². The number of carbonyl (C=O) groups is 1. The predicted octanol–water partition coefficient (Wildman–Crippen LogP) is 4.04. The summed E-state index contributed by atoms with van der Waals surface area (Å²) in [6.07, 6.45) is 5.33. The lowest BCUT2D eigenvalue weighted by atomic mass is 9.65. The third kappa shape index (κ3) is 3.42. The zero-order valence-electron chi connectivity index (χ0n) is 16.7. The number of aryl methyl sites for hydroxylation is 1. The van der Waals surface area contributed by atoms with Gasteiger partial charge in [-0.15, -0.1) is 0 Å². The fourth-order valence-electron chi connectivity index (χ4n) is 5.83. The number of piperidine rings is 1. The molecule has 1 aromatic carbocycles. The molecule has 1 unspecified atom stereocenters. The highest BCUT2D eigenvalue weighted by Crippen LogP contribution is 2.46. The number of likely N-dealkylation sites (tertiary alicyclic amines) is 1. The van der Waals surface area contributed by atoms with Gasteiger partial charge in [0.1, 0.15) is 4.60 Å². The smallest absolute Gasteiger partial charge is 0.227 e. The van der Waals surface area contributed by atoms with Crippen molar-refractivity contribution in [3.63, 3.8) is 0 Å². The molecule has 2 fully saturated rings. The van der Waals surface area contributed by atoms with E-state index in [1.807, 2.05) is 6.07 Å². The van der Waals surface area contributed by atoms with Gasteiger partial charge in [-0.3, -0.25) is 4.79 Å². The summed E-state index contributed by atoms with van der Waals surface area (Å²) in [6.45, 7) is 3.42. The van der Waals surface area contributed by atoms with Crippen LogP contribution in [0, 0.1) is 5.92 Å². The summed E-state index contributed by atoms with van der Waals surface area (Å²) in [6, 6.07) is 15.0. The van der Waals surface area contributed by atoms with E-state index in [1.165, 1.54) is 16.8 Å². The second-order valence-electron chi connectivity index (χ2n) is 8.83. The molecule has 1 amide bonds. The lowest BCUT2D eigenvalue weighted by Gasteiger charge is -2.42. The Morgan fingerprint density at radius 1 is 1.14 bits per heavy atom. The SMILES string of the molecule is O=C(C1CNC[C@]12CCCc1nc(Br)ccc12)N1CCC(c2ccccc2)CC1. The highest BCUT2D eigenvalue weighted by molar-refractivity contribution is 9.10. The molecule has 1 N–H and O–H groups in total. The Hall–Kier alpha value is -1.72. The molecule has 0 bridgehead atoms. The molecule has 5 heteroatoms. The monoisotopic (exact) mass is 453 g/mol. The van der Waals surface area contributed by atoms with Crippen LogP contribution in [0.2, 0.25) is 0 Å². The Kier molecular flexibility index (Phi) is 5.21. The number of hydrogen-bond donors (Lipinski definition) is 1. The zero-order chi connectivity index (χ0) is 19.8. The molecular weight excluding hydrogens is 426 g/mol. The quantitative estimate of drug-likeness (QED) is 0.697. The van der Waals surface area contributed by atoms with Crippen LogP contribution in [-0.2, 0) is 16.6 Å². The van der Waals surface area contributed by atoms with Gasteiger partial charge in [0.25, 0.3) is 0 Å². The van der Waals surface area contributed by atoms with E-state index in [2.05, 4.69) is 62.5 Å². The fraction of sp³-hybridized carbons (Fsp3) is 0.500. The van der Waals surface area contributed by atoms with Crippen LogP contribution in [0.4, 0.5) is 0 Å². The molecule has 29 heavy (non-hydrogen) atoms. The van der Waals surface area contributed by atoms with E-state index in [1.54, 1.807) is 0 Å². The summed E-state index contributed by atoms with van der Waals surface area (Å²) in [5, 5.41) is 3.56. The maximum atomic E-state index is 13.6. The molecule has 3 heterocycles. The summed E-state index contributed by atoms with van der Waals surface area (Å²) < 4.78 is 0.894. The van der Waals surface area contributed by atoms with Crippen molar-refractivity contribution in [2.24, 2.45) is 5.92 Å². The summed E-state index contributed by atoms with van der Waals surface area (Å²) in [7, 11) is 0. The Bertz CT molecular complexity index is 894. The lowest BCUT2D eigenvalue weighted by molar-refractivity contribution is -0.138. The van der Waals surface area contributed by atoms with Crippen molar-refractivity contribution < 1.29 is 4.79 Å². The van der Waals surface area contributed by atoms with E-state index >= 15 is 0 Å². The van der Waals surface area contributed by atoms with Crippen molar-refractivity contribution in [2.45, 2.75) is 43.4 Å². The molecular formula is C24H28BrN3O. The molecule has 2 aromatic rings. The van der Waals surface area contributed by atoms with Gasteiger partial charge in [0.2, 0.25) is 5.91 Å². The number of rotatable bonds is 2. The van der Waals surface area contributed by atoms with Crippen LogP contribution in [-0.4, -0.2) is 42.0 Å². The second-order valence-corrected chi connectivity index (χ2v) is 9.64. The molecule has 4 nitrogen and oxygen atoms in total. The van der Waals surface area contributed by atoms with E-state index in [0.717, 1.165) is 62.9 Å². The van der Waals surface area contributed by atoms with Crippen molar-refractivity contribution in [1.82, 2.24) is 15.2 Å². The van der Waals surface area contributed by atoms with Gasteiger partial charge in [-0.1, -0.05) is 36.4 Å². The topological polar surface area (TPSA) is 45.2 Å². The minimum atomic E-state index is -0.0886. The first-order valence-electron chi connectivity index (χ1n) is 10.9. The van der Waals surface area contributed by atoms with Gasteiger partial charge in [0.05, 0.1) is 5.92 Å². The van der Waals surface area contributed by atoms with E-state index < -0.39 is 0 Å². The molecule has 1 spiro atoms. The first kappa shape index (κ1) is 19.3. The Morgan fingerprint density at radius 2 is 1.93 bits per heavy atom. The number of fused-ring (bicyclic) bond motifs is 2. The number of amides is 1. The lowest BCUT2D eigenvalue weighted by Crippen LogP contribution is -2.49. The molecule has 2 aliphatic heterocycles. The van der Waals surface area contributed by atoms with Gasteiger partial charge in [-0.2, -0.15) is 0 Å². The molecule has 5 rings (SSSR count). The number of halogens is 1. The van der Waals surface area contributed by atoms with E-state index in [4.69, 9.17) is 4.98 Å². The van der Waals surface area contributed by atoms with Crippen LogP contribution in [0.3, 0.4) is 0 Å². The number of hydrogen-bond acceptors (Lipinski definition) is 3. The number of nitrogens with one attached hydrogen (secondary N) is 1. The largest absolute Gasteiger partial charge is 0.342 e. The molecule has 0 radical (unpaired) electrons. The van der Waals surface area contributed by atoms with Crippen molar-refractivity contribution in [3.05, 3.63) is 63.9 Å². The molecule has 1 aliphatic carbocycles. The molecule has 152 valence electrons. The van der Waals surface area contributed by atoms with Crippen LogP contribution in [0.25, 0.3) is 0 Å². The average Bonchev–Trinajstić information content (AvgIpc) is 3.18. The Balaban J connectivity index is 1.35. The molecule has 1 aromatic heterocycles. The van der Waals surface area contributed by atoms with Crippen molar-refractivity contribution >= 4 is 21.8 Å². The van der Waals surface area contributed by atoms with Crippen LogP contribution >= 0.6 is 15.9 Å². The highest BCUT2D eigenvalue weighted by Gasteiger charge is 2.51. The van der Waals surface area contributed by atoms with Gasteiger partial charge in [0, 0.05) is 37.3 Å². The number of benzene rings is 1. The van der Waals surface area contributed by atoms with Crippen LogP contribution in [0.5, 0.6) is 0 Å². The van der Waals surface area contributed by atoms with Crippen molar-refractivity contribution in [2.75, 3.05) is 26.2 Å². The predicted molar refractivity (Wildman–Crippen MR) is 118 cm³/mol. The van der Waals surface area contributed by atoms with E-state index in [-0.39, 0.29) is 11.3 Å². The summed E-state index contributed by atoms with van der Waals surface area (Å²) >= 11 is 3.52. The molecule has 0 saturated carbocycles. The van der Waals surface area contributed by atoms with Gasteiger partial charge in [0.15, 0.2) is 0 Å². The normalized spacial score (nSPS) is 27.2. The van der Waals surface area contributed by atoms with E-state index in [9.17, 15) is 4.79 Å². The average molecular weight is 454 g/mol. The third-order valence-electron chi connectivity index (χ3n) is 7.34. The summed E-state index contributed by atoms with van der Waals surface area (Å²) in [5.74, 6) is 0.947. The molecule has 2 atom stereocenters. The Labute approximate surface area is 181 Å². The van der Waals surface area contributed by atoms with Gasteiger partial charge >= 0.3 is 0 Å². The minimum Gasteiger partial charge on any atom is -0.342 e. The number of pyridine rings is 1. The fourth-order valence-corrected chi connectivity index (χ4v) is 6.18. The Morgan fingerprint density at radius 3 is 2.72 bits per heavy atom. The first-order chi connectivity index (χ1) is 14.2. The van der Waals surface area contributed by atoms with Crippen molar-refractivity contribution in [3.8, 4) is 0 Å². The standard InChI is InChI=1S/C24H28BrN3O/c25-22-9-8-19-21(27-22)7-4-12-24(19)16-26-15-20(24)23(29)28-13-10-18(11-14-28)17-5-2-1-3-6-17/h1-3,5-6,8-9,18,20,26H,4,7,10-16H2/t20?,24-/m0/s1. The maximum Gasteiger partial charge on any atom is 0.227 e. The minimum absolute atomic E-state index is 0.0257. The zero-order valence-corrected chi connectivity index (χ0v) is 18.3. The summed E-state index contributed by atoms with van der Waals surface area (Å²) in [4.78, 5) is 20.5. The van der Waals surface area contributed by atoms with Gasteiger partial charge in [-0.05, 0) is 71.1 Å². The van der Waals surface area contributed by atoms with Gasteiger partial charge < -0.3 is 10.2 Å². The van der Waals surface area contributed by atoms with Crippen LogP contribution in [0.15, 0.2) is 47.1 Å². The number of nitrogens with zero attached hydrogens (tertiary/aromatic N) is 2. The molecule has 3 aliphatic rings. The highest BCUT2D eigenvalue weighted by atomic mass is 79.9. The van der Waals surface area contributed by atoms with Crippen molar-refractivity contribution in [1.29, 1.82) is 0 Å². The first-order valence-corrected chi connectivity index (χ1v) is 11.7. The summed E-state index contributed by atoms with van der Waals surface area (Å²) in [5.41, 5.74) is 3.80. The second kappa shape index (κ2) is 7.84. The van der Waals surface area contributed by atoms with Gasteiger partial charge in [-0.25, -0.2) is 4.98 Å². The number of aromatic nitrogens is 1. The number of carbonyl (C=O) groups excluding carboxylic acids is 1. The maximum absolute atomic E-state index is 13.6. The third-order valence-corrected chi connectivity index (χ3v) is 7.79. The molecule has 2 saturated heterocycles. The van der Waals surface area contributed by atoms with E-state index in [0.29, 0.717) is 11.8 Å².